The molecule has 0 saturated heterocycles. The van der Waals surface area contributed by atoms with Crippen molar-refractivity contribution in [1.82, 2.24) is 5.48 Å². The zero-order chi connectivity index (χ0) is 25.6. The van der Waals surface area contributed by atoms with E-state index in [1.165, 1.54) is 18.7 Å². The Morgan fingerprint density at radius 2 is 1.69 bits per heavy atom. The maximum absolute atomic E-state index is 12.7. The summed E-state index contributed by atoms with van der Waals surface area (Å²) >= 11 is 0. The van der Waals surface area contributed by atoms with Crippen molar-refractivity contribution in [2.45, 2.75) is 19.1 Å². The van der Waals surface area contributed by atoms with E-state index in [2.05, 4.69) is 5.32 Å². The van der Waals surface area contributed by atoms with Crippen LogP contribution in [0.4, 0.5) is 10.5 Å². The molecule has 0 aliphatic carbocycles. The summed E-state index contributed by atoms with van der Waals surface area (Å²) in [6, 6.07) is 13.6. The third-order valence-electron chi connectivity index (χ3n) is 4.73. The fourth-order valence-corrected chi connectivity index (χ4v) is 3.02. The lowest BCUT2D eigenvalue weighted by atomic mass is 10.0. The van der Waals surface area contributed by atoms with Gasteiger partial charge in [-0.1, -0.05) is 24.3 Å². The van der Waals surface area contributed by atoms with E-state index in [9.17, 15) is 9.59 Å². The van der Waals surface area contributed by atoms with Gasteiger partial charge in [-0.05, 0) is 54.5 Å². The predicted octanol–water partition coefficient (Wildman–Crippen LogP) is 3.38. The van der Waals surface area contributed by atoms with E-state index in [-0.39, 0.29) is 13.2 Å². The lowest BCUT2D eigenvalue weighted by Gasteiger charge is -2.25. The minimum atomic E-state index is -0.860. The molecule has 0 spiro atoms. The molecule has 2 rings (SSSR count). The summed E-state index contributed by atoms with van der Waals surface area (Å²) in [6.45, 7) is 1.70. The molecule has 2 aromatic rings. The van der Waals surface area contributed by atoms with Gasteiger partial charge in [0.05, 0.1) is 13.7 Å². The highest BCUT2D eigenvalue weighted by Crippen LogP contribution is 2.27. The number of benzene rings is 2. The average molecular weight is 487 g/mol. The smallest absolute Gasteiger partial charge is 0.412 e. The van der Waals surface area contributed by atoms with Gasteiger partial charge in [-0.2, -0.15) is 0 Å². The van der Waals surface area contributed by atoms with Crippen LogP contribution in [0.2, 0.25) is 0 Å². The lowest BCUT2D eigenvalue weighted by Crippen LogP contribution is -2.26. The van der Waals surface area contributed by atoms with Crippen molar-refractivity contribution in [3.63, 3.8) is 0 Å². The monoisotopic (exact) mass is 486 g/mol. The van der Waals surface area contributed by atoms with E-state index in [0.29, 0.717) is 28.3 Å². The van der Waals surface area contributed by atoms with E-state index in [1.54, 1.807) is 74.7 Å². The number of allylic oxidation sites excluding steroid dienone is 2. The van der Waals surface area contributed by atoms with Crippen molar-refractivity contribution in [2.24, 2.45) is 0 Å². The molecule has 0 heterocycles. The second-order valence-electron chi connectivity index (χ2n) is 7.24. The quantitative estimate of drug-likeness (QED) is 0.155. The van der Waals surface area contributed by atoms with E-state index in [0.717, 1.165) is 0 Å². The number of aliphatic hydroxyl groups is 1. The Bertz CT molecular complexity index is 1000. The summed E-state index contributed by atoms with van der Waals surface area (Å²) in [5.41, 5.74) is 3.20. The normalized spacial score (nSPS) is 13.1. The van der Waals surface area contributed by atoms with Crippen LogP contribution in [0, 0.1) is 0 Å². The maximum atomic E-state index is 12.7. The van der Waals surface area contributed by atoms with Gasteiger partial charge in [-0.15, -0.1) is 0 Å². The van der Waals surface area contributed by atoms with Gasteiger partial charge in [0, 0.05) is 18.9 Å². The van der Waals surface area contributed by atoms with Crippen molar-refractivity contribution in [1.29, 1.82) is 0 Å². The first-order valence-electron chi connectivity index (χ1n) is 10.7. The van der Waals surface area contributed by atoms with Crippen molar-refractivity contribution in [3.8, 4) is 11.5 Å². The van der Waals surface area contributed by atoms with Gasteiger partial charge in [0.1, 0.15) is 24.2 Å². The molecule has 35 heavy (non-hydrogen) atoms. The average Bonchev–Trinajstić information content (AvgIpc) is 2.87. The summed E-state index contributed by atoms with van der Waals surface area (Å²) in [4.78, 5) is 24.1. The standard InChI is InChI=1S/C25H30N2O8/c1-17(16-23(29)27-31)4-13-22(33-3)24(18-5-9-21(10-6-18)34-15-14-28)35-25(30)26-19-7-11-20(32-2)12-8-19/h4-13,16,22,24,28,31H,14-15H2,1-3H3,(H,26,30)(H,27,29)/b13-4+,17-16+/t22-,24-/m0/s1. The van der Waals surface area contributed by atoms with Crippen LogP contribution in [0.5, 0.6) is 11.5 Å². The number of anilines is 1. The summed E-state index contributed by atoms with van der Waals surface area (Å²) in [6.07, 6.45) is 2.16. The van der Waals surface area contributed by atoms with Crippen LogP contribution in [0.1, 0.15) is 18.6 Å². The van der Waals surface area contributed by atoms with Crippen LogP contribution in [-0.4, -0.2) is 55.9 Å². The molecule has 2 aromatic carbocycles. The van der Waals surface area contributed by atoms with E-state index in [1.807, 2.05) is 0 Å². The molecule has 0 fully saturated rings. The molecule has 0 saturated carbocycles. The van der Waals surface area contributed by atoms with Gasteiger partial charge in [-0.25, -0.2) is 10.3 Å². The number of carbonyl (C=O) groups is 2. The zero-order valence-electron chi connectivity index (χ0n) is 19.8. The van der Waals surface area contributed by atoms with Gasteiger partial charge in [0.2, 0.25) is 0 Å². The first-order valence-corrected chi connectivity index (χ1v) is 10.7. The second kappa shape index (κ2) is 14.4. The van der Waals surface area contributed by atoms with Crippen molar-refractivity contribution in [2.75, 3.05) is 32.8 Å². The highest BCUT2D eigenvalue weighted by molar-refractivity contribution is 5.87. The summed E-state index contributed by atoms with van der Waals surface area (Å²) in [5, 5.41) is 20.3. The van der Waals surface area contributed by atoms with Crippen LogP contribution in [0.15, 0.2) is 72.3 Å². The second-order valence-corrected chi connectivity index (χ2v) is 7.24. The van der Waals surface area contributed by atoms with Crippen molar-refractivity contribution < 1.29 is 38.9 Å². The molecule has 10 nitrogen and oxygen atoms in total. The minimum absolute atomic E-state index is 0.114. The van der Waals surface area contributed by atoms with E-state index < -0.39 is 24.2 Å². The Morgan fingerprint density at radius 1 is 1.03 bits per heavy atom. The van der Waals surface area contributed by atoms with Gasteiger partial charge >= 0.3 is 6.09 Å². The van der Waals surface area contributed by atoms with Gasteiger partial charge in [0.25, 0.3) is 5.91 Å². The molecular weight excluding hydrogens is 456 g/mol. The summed E-state index contributed by atoms with van der Waals surface area (Å²) in [7, 11) is 3.01. The topological polar surface area (TPSA) is 136 Å². The number of rotatable bonds is 12. The number of carbonyl (C=O) groups excluding carboxylic acids is 2. The number of hydrogen-bond donors (Lipinski definition) is 4. The molecule has 4 N–H and O–H groups in total. The first kappa shape index (κ1) is 27.4. The lowest BCUT2D eigenvalue weighted by molar-refractivity contribution is -0.124. The molecule has 0 bridgehead atoms. The Morgan fingerprint density at radius 3 is 2.26 bits per heavy atom. The van der Waals surface area contributed by atoms with E-state index >= 15 is 0 Å². The predicted molar refractivity (Wildman–Crippen MR) is 128 cm³/mol. The summed E-state index contributed by atoms with van der Waals surface area (Å²) < 4.78 is 21.8. The minimum Gasteiger partial charge on any atom is -0.497 e. The number of methoxy groups -OCH3 is 2. The molecule has 0 radical (unpaired) electrons. The number of hydroxylamine groups is 1. The SMILES string of the molecule is COc1ccc(NC(=O)O[C@@H](c2ccc(OCCO)cc2)[C@H](/C=C/C(C)=C/C(=O)NO)OC)cc1. The Balaban J connectivity index is 2.26. The zero-order valence-corrected chi connectivity index (χ0v) is 19.8. The Hall–Kier alpha value is -3.86. The number of aliphatic hydroxyl groups excluding tert-OH is 1. The maximum Gasteiger partial charge on any atom is 0.412 e. The van der Waals surface area contributed by atoms with Crippen LogP contribution in [0.3, 0.4) is 0 Å². The fourth-order valence-electron chi connectivity index (χ4n) is 3.02. The molecular formula is C25H30N2O8. The molecule has 10 heteroatoms. The number of hydrogen-bond acceptors (Lipinski definition) is 8. The fraction of sp³-hybridized carbons (Fsp3) is 0.280. The first-order chi connectivity index (χ1) is 16.9. The highest BCUT2D eigenvalue weighted by Gasteiger charge is 2.26. The molecule has 0 aliphatic rings. The van der Waals surface area contributed by atoms with Gasteiger partial charge < -0.3 is 24.1 Å². The molecule has 0 aliphatic heterocycles. The molecule has 2 amide bonds. The van der Waals surface area contributed by atoms with Crippen LogP contribution in [-0.2, 0) is 14.3 Å². The van der Waals surface area contributed by atoms with Gasteiger partial charge in [0.15, 0.2) is 6.10 Å². The molecule has 188 valence electrons. The number of amides is 2. The Labute approximate surface area is 203 Å². The molecule has 0 aromatic heterocycles. The van der Waals surface area contributed by atoms with Gasteiger partial charge in [-0.3, -0.25) is 15.3 Å². The third kappa shape index (κ3) is 9.13. The molecule has 2 atom stereocenters. The van der Waals surface area contributed by atoms with E-state index in [4.69, 9.17) is 29.3 Å². The number of nitrogens with one attached hydrogen (secondary N) is 2. The van der Waals surface area contributed by atoms with Crippen molar-refractivity contribution >= 4 is 17.7 Å². The number of ether oxygens (including phenoxy) is 4. The summed E-state index contributed by atoms with van der Waals surface area (Å²) in [5.74, 6) is 0.516. The molecule has 0 unspecified atom stereocenters. The Kier molecular flexibility index (Phi) is 11.3. The largest absolute Gasteiger partial charge is 0.497 e. The van der Waals surface area contributed by atoms with Crippen LogP contribution >= 0.6 is 0 Å². The van der Waals surface area contributed by atoms with Crippen molar-refractivity contribution in [3.05, 3.63) is 77.9 Å². The highest BCUT2D eigenvalue weighted by atomic mass is 16.6. The van der Waals surface area contributed by atoms with Crippen LogP contribution in [0.25, 0.3) is 0 Å². The third-order valence-corrected chi connectivity index (χ3v) is 4.73. The van der Waals surface area contributed by atoms with Crippen LogP contribution < -0.4 is 20.3 Å².